The summed E-state index contributed by atoms with van der Waals surface area (Å²) < 4.78 is 35.0. The van der Waals surface area contributed by atoms with Crippen molar-refractivity contribution in [2.45, 2.75) is 62.6 Å². The second-order valence-corrected chi connectivity index (χ2v) is 14.2. The van der Waals surface area contributed by atoms with E-state index in [0.717, 1.165) is 41.1 Å². The molecule has 0 bridgehead atoms. The van der Waals surface area contributed by atoms with E-state index in [-0.39, 0.29) is 35.5 Å². The molecule has 1 aliphatic carbocycles. The van der Waals surface area contributed by atoms with Crippen LogP contribution in [0.5, 0.6) is 5.75 Å². The molecular formula is C37H40ClN3O5S. The van der Waals surface area contributed by atoms with Crippen molar-refractivity contribution in [1.29, 1.82) is 0 Å². The lowest BCUT2D eigenvalue weighted by Gasteiger charge is -2.34. The number of ether oxygens (including phenoxy) is 1. The number of methoxy groups -OCH3 is 1. The number of carbonyl (C=O) groups is 2. The molecule has 2 amide bonds. The van der Waals surface area contributed by atoms with Crippen molar-refractivity contribution in [2.24, 2.45) is 0 Å². The van der Waals surface area contributed by atoms with Crippen molar-refractivity contribution in [3.05, 3.63) is 125 Å². The number of hydrogen-bond acceptors (Lipinski definition) is 5. The van der Waals surface area contributed by atoms with Gasteiger partial charge < -0.3 is 15.0 Å². The number of amides is 2. The van der Waals surface area contributed by atoms with Crippen LogP contribution < -0.4 is 14.4 Å². The highest BCUT2D eigenvalue weighted by Crippen LogP contribution is 2.28. The summed E-state index contributed by atoms with van der Waals surface area (Å²) in [5, 5.41) is 3.68. The van der Waals surface area contributed by atoms with E-state index in [1.54, 1.807) is 54.6 Å². The molecule has 1 aliphatic rings. The summed E-state index contributed by atoms with van der Waals surface area (Å²) in [5.41, 5.74) is 2.75. The zero-order valence-electron chi connectivity index (χ0n) is 26.6. The molecule has 47 heavy (non-hydrogen) atoms. The van der Waals surface area contributed by atoms with Crippen molar-refractivity contribution in [2.75, 3.05) is 18.0 Å². The number of carbonyl (C=O) groups excluding carboxylic acids is 2. The Morgan fingerprint density at radius 3 is 2.26 bits per heavy atom. The van der Waals surface area contributed by atoms with Gasteiger partial charge in [-0.15, -0.1) is 0 Å². The van der Waals surface area contributed by atoms with Gasteiger partial charge in [-0.2, -0.15) is 0 Å². The molecule has 0 spiro atoms. The normalized spacial score (nSPS) is 13.9. The average molecular weight is 674 g/mol. The van der Waals surface area contributed by atoms with E-state index >= 15 is 0 Å². The third-order valence-corrected chi connectivity index (χ3v) is 10.5. The Morgan fingerprint density at radius 2 is 1.57 bits per heavy atom. The van der Waals surface area contributed by atoms with E-state index < -0.39 is 28.5 Å². The molecule has 1 N–H and O–H groups in total. The van der Waals surface area contributed by atoms with Crippen molar-refractivity contribution in [1.82, 2.24) is 10.2 Å². The second kappa shape index (κ2) is 15.5. The molecule has 0 aliphatic heterocycles. The number of benzene rings is 4. The van der Waals surface area contributed by atoms with Gasteiger partial charge in [-0.05, 0) is 67.3 Å². The van der Waals surface area contributed by atoms with E-state index in [0.29, 0.717) is 16.3 Å². The molecule has 5 rings (SSSR count). The summed E-state index contributed by atoms with van der Waals surface area (Å²) in [6.07, 6.45) is 4.07. The first-order valence-corrected chi connectivity index (χ1v) is 17.6. The van der Waals surface area contributed by atoms with Gasteiger partial charge in [-0.25, -0.2) is 8.42 Å². The minimum atomic E-state index is -4.22. The van der Waals surface area contributed by atoms with Crippen molar-refractivity contribution in [3.63, 3.8) is 0 Å². The molecule has 0 aromatic heterocycles. The van der Waals surface area contributed by atoms with Crippen LogP contribution in [-0.4, -0.2) is 50.9 Å². The molecule has 0 unspecified atom stereocenters. The van der Waals surface area contributed by atoms with Gasteiger partial charge in [0.15, 0.2) is 0 Å². The van der Waals surface area contributed by atoms with E-state index in [1.165, 1.54) is 24.1 Å². The molecule has 0 saturated heterocycles. The number of nitrogens with one attached hydrogen (secondary N) is 1. The fourth-order valence-corrected chi connectivity index (χ4v) is 7.50. The summed E-state index contributed by atoms with van der Waals surface area (Å²) in [6.45, 7) is 1.37. The van der Waals surface area contributed by atoms with E-state index in [9.17, 15) is 18.0 Å². The second-order valence-electron chi connectivity index (χ2n) is 11.9. The Bertz CT molecular complexity index is 1780. The van der Waals surface area contributed by atoms with Crippen LogP contribution in [-0.2, 0) is 32.6 Å². The number of halogens is 1. The highest BCUT2D eigenvalue weighted by atomic mass is 35.5. The summed E-state index contributed by atoms with van der Waals surface area (Å²) >= 11 is 6.34. The van der Waals surface area contributed by atoms with Crippen molar-refractivity contribution in [3.8, 4) is 5.75 Å². The maximum Gasteiger partial charge on any atom is 0.264 e. The largest absolute Gasteiger partial charge is 0.497 e. The first kappa shape index (κ1) is 34.0. The molecule has 4 aromatic carbocycles. The Labute approximate surface area is 282 Å². The van der Waals surface area contributed by atoms with Gasteiger partial charge in [0.2, 0.25) is 11.8 Å². The van der Waals surface area contributed by atoms with Crippen LogP contribution in [0.4, 0.5) is 5.69 Å². The first-order valence-electron chi connectivity index (χ1n) is 15.8. The number of hydrogen-bond donors (Lipinski definition) is 1. The average Bonchev–Trinajstić information content (AvgIpc) is 3.59. The first-order chi connectivity index (χ1) is 22.6. The number of nitrogens with zero attached hydrogens (tertiary/aromatic N) is 2. The number of anilines is 1. The predicted octanol–water partition coefficient (Wildman–Crippen LogP) is 6.55. The SMILES string of the molecule is COc1cccc(N(CC(=O)N(Cc2cccc(Cl)c2)[C@@H](Cc2ccccc2)C(=O)NC2CCCC2)S(=O)(=O)c2ccc(C)cc2)c1. The number of rotatable bonds is 13. The molecule has 1 atom stereocenters. The standard InChI is InChI=1S/C37H40ClN3O5S/c1-27-18-20-34(21-19-27)47(44,45)41(32-16-9-17-33(24-32)46-2)26-36(42)40(25-29-12-8-13-30(38)22-29)35(23-28-10-4-3-5-11-28)37(43)39-31-14-6-7-15-31/h3-5,8-13,16-22,24,31,35H,6-7,14-15,23,25-26H2,1-2H3,(H,39,43)/t35-/m0/s1. The highest BCUT2D eigenvalue weighted by molar-refractivity contribution is 7.92. The molecule has 1 saturated carbocycles. The lowest BCUT2D eigenvalue weighted by atomic mass is 10.0. The van der Waals surface area contributed by atoms with Crippen LogP contribution in [0.15, 0.2) is 108 Å². The van der Waals surface area contributed by atoms with Crippen molar-refractivity contribution >= 4 is 39.1 Å². The third-order valence-electron chi connectivity index (χ3n) is 8.44. The highest BCUT2D eigenvalue weighted by Gasteiger charge is 2.35. The molecule has 0 radical (unpaired) electrons. The predicted molar refractivity (Wildman–Crippen MR) is 185 cm³/mol. The monoisotopic (exact) mass is 673 g/mol. The molecular weight excluding hydrogens is 634 g/mol. The Hall–Kier alpha value is -4.34. The van der Waals surface area contributed by atoms with Crippen LogP contribution in [0.2, 0.25) is 5.02 Å². The molecule has 4 aromatic rings. The van der Waals surface area contributed by atoms with Gasteiger partial charge in [0, 0.05) is 30.1 Å². The molecule has 0 heterocycles. The fraction of sp³-hybridized carbons (Fsp3) is 0.297. The summed E-state index contributed by atoms with van der Waals surface area (Å²) in [7, 11) is -2.73. The minimum Gasteiger partial charge on any atom is -0.497 e. The van der Waals surface area contributed by atoms with Crippen LogP contribution in [0, 0.1) is 6.92 Å². The topological polar surface area (TPSA) is 96.0 Å². The minimum absolute atomic E-state index is 0.0269. The van der Waals surface area contributed by atoms with Gasteiger partial charge in [-0.3, -0.25) is 13.9 Å². The molecule has 1 fully saturated rings. The smallest absolute Gasteiger partial charge is 0.264 e. The fourth-order valence-electron chi connectivity index (χ4n) is 5.89. The molecule has 246 valence electrons. The van der Waals surface area contributed by atoms with Gasteiger partial charge in [0.1, 0.15) is 18.3 Å². The zero-order chi connectivity index (χ0) is 33.4. The van der Waals surface area contributed by atoms with E-state index in [4.69, 9.17) is 16.3 Å². The maximum absolute atomic E-state index is 14.7. The van der Waals surface area contributed by atoms with Crippen LogP contribution >= 0.6 is 11.6 Å². The lowest BCUT2D eigenvalue weighted by Crippen LogP contribution is -2.54. The van der Waals surface area contributed by atoms with E-state index in [1.807, 2.05) is 43.3 Å². The lowest BCUT2D eigenvalue weighted by molar-refractivity contribution is -0.140. The maximum atomic E-state index is 14.7. The Morgan fingerprint density at radius 1 is 0.894 bits per heavy atom. The number of aryl methyl sites for hydroxylation is 1. The van der Waals surface area contributed by atoms with E-state index in [2.05, 4.69) is 5.32 Å². The third kappa shape index (κ3) is 8.73. The summed E-state index contributed by atoms with van der Waals surface area (Å²) in [4.78, 5) is 30.3. The van der Waals surface area contributed by atoms with Gasteiger partial charge in [0.05, 0.1) is 17.7 Å². The Balaban J connectivity index is 1.58. The quantitative estimate of drug-likeness (QED) is 0.174. The Kier molecular flexibility index (Phi) is 11.2. The summed E-state index contributed by atoms with van der Waals surface area (Å²) in [5.74, 6) is -0.371. The van der Waals surface area contributed by atoms with Crippen LogP contribution in [0.25, 0.3) is 0 Å². The van der Waals surface area contributed by atoms with Gasteiger partial charge in [0.25, 0.3) is 10.0 Å². The van der Waals surface area contributed by atoms with Gasteiger partial charge in [-0.1, -0.05) is 90.7 Å². The van der Waals surface area contributed by atoms with Crippen LogP contribution in [0.3, 0.4) is 0 Å². The zero-order valence-corrected chi connectivity index (χ0v) is 28.2. The number of sulfonamides is 1. The van der Waals surface area contributed by atoms with Gasteiger partial charge >= 0.3 is 0 Å². The summed E-state index contributed by atoms with van der Waals surface area (Å²) in [6, 6.07) is 28.8. The molecule has 8 nitrogen and oxygen atoms in total. The van der Waals surface area contributed by atoms with Crippen molar-refractivity contribution < 1.29 is 22.7 Å². The van der Waals surface area contributed by atoms with Crippen LogP contribution in [0.1, 0.15) is 42.4 Å². The molecule has 10 heteroatoms.